The fourth-order valence-corrected chi connectivity index (χ4v) is 2.89. The Kier molecular flexibility index (Phi) is 3.54. The van der Waals surface area contributed by atoms with Crippen LogP contribution in [0.25, 0.3) is 0 Å². The Hall–Kier alpha value is -1.72. The Balaban J connectivity index is 1.69. The molecule has 0 saturated heterocycles. The molecule has 0 aliphatic carbocycles. The molecule has 5 heteroatoms. The van der Waals surface area contributed by atoms with Gasteiger partial charge in [0.2, 0.25) is 0 Å². The zero-order chi connectivity index (χ0) is 14.1. The summed E-state index contributed by atoms with van der Waals surface area (Å²) in [5.41, 5.74) is 10.2. The number of hydrogen-bond acceptors (Lipinski definition) is 4. The smallest absolute Gasteiger partial charge is 0.147 e. The van der Waals surface area contributed by atoms with Crippen molar-refractivity contribution in [1.29, 1.82) is 0 Å². The summed E-state index contributed by atoms with van der Waals surface area (Å²) in [5.74, 6) is 1.03. The van der Waals surface area contributed by atoms with Crippen molar-refractivity contribution < 1.29 is 0 Å². The van der Waals surface area contributed by atoms with Crippen LogP contribution in [-0.2, 0) is 13.1 Å². The lowest BCUT2D eigenvalue weighted by molar-refractivity contribution is 0.205. The van der Waals surface area contributed by atoms with E-state index in [1.165, 1.54) is 16.7 Å². The van der Waals surface area contributed by atoms with Crippen LogP contribution in [0.4, 0.5) is 0 Å². The third-order valence-electron chi connectivity index (χ3n) is 4.00. The summed E-state index contributed by atoms with van der Waals surface area (Å²) in [4.78, 5) is 2.36. The van der Waals surface area contributed by atoms with Crippen molar-refractivity contribution in [2.75, 3.05) is 13.1 Å². The zero-order valence-corrected chi connectivity index (χ0v) is 12.1. The van der Waals surface area contributed by atoms with E-state index in [1.807, 2.05) is 0 Å². The Morgan fingerprint density at radius 3 is 2.95 bits per heavy atom. The van der Waals surface area contributed by atoms with Crippen molar-refractivity contribution in [3.05, 3.63) is 47.0 Å². The number of benzene rings is 1. The molecule has 0 saturated carbocycles. The molecule has 106 valence electrons. The van der Waals surface area contributed by atoms with Crippen LogP contribution < -0.4 is 5.73 Å². The van der Waals surface area contributed by atoms with Gasteiger partial charge >= 0.3 is 0 Å². The van der Waals surface area contributed by atoms with Gasteiger partial charge in [0.15, 0.2) is 0 Å². The molecule has 0 fully saturated rings. The lowest BCUT2D eigenvalue weighted by Crippen LogP contribution is -2.38. The highest BCUT2D eigenvalue weighted by atomic mass is 15.3. The van der Waals surface area contributed by atoms with E-state index < -0.39 is 0 Å². The normalized spacial score (nSPS) is 16.9. The monoisotopic (exact) mass is 271 g/mol. The molecule has 0 radical (unpaired) electrons. The molecule has 1 aromatic carbocycles. The van der Waals surface area contributed by atoms with Crippen LogP contribution in [0.5, 0.6) is 0 Å². The average molecular weight is 271 g/mol. The summed E-state index contributed by atoms with van der Waals surface area (Å²) in [6.07, 6.45) is 1.80. The second-order valence-electron chi connectivity index (χ2n) is 5.64. The average Bonchev–Trinajstić information content (AvgIpc) is 2.85. The molecule has 2 aromatic rings. The molecule has 1 atom stereocenters. The lowest BCUT2D eigenvalue weighted by atomic mass is 9.99. The summed E-state index contributed by atoms with van der Waals surface area (Å²) in [6, 6.07) is 6.53. The Morgan fingerprint density at radius 2 is 2.15 bits per heavy atom. The quantitative estimate of drug-likeness (QED) is 0.917. The Morgan fingerprint density at radius 1 is 1.30 bits per heavy atom. The fourth-order valence-electron chi connectivity index (χ4n) is 2.89. The minimum Gasteiger partial charge on any atom is -0.323 e. The van der Waals surface area contributed by atoms with Crippen LogP contribution in [0.1, 0.15) is 28.6 Å². The van der Waals surface area contributed by atoms with Gasteiger partial charge in [0.05, 0.1) is 6.54 Å². The van der Waals surface area contributed by atoms with E-state index >= 15 is 0 Å². The van der Waals surface area contributed by atoms with Gasteiger partial charge < -0.3 is 10.3 Å². The van der Waals surface area contributed by atoms with Gasteiger partial charge in [-0.1, -0.05) is 23.8 Å². The molecule has 2 N–H and O–H groups in total. The Labute approximate surface area is 119 Å². The van der Waals surface area contributed by atoms with Crippen molar-refractivity contribution in [3.8, 4) is 0 Å². The maximum atomic E-state index is 6.39. The maximum absolute atomic E-state index is 6.39. The molecule has 1 unspecified atom stereocenters. The first-order valence-electron chi connectivity index (χ1n) is 7.05. The van der Waals surface area contributed by atoms with E-state index in [0.717, 1.165) is 32.0 Å². The lowest BCUT2D eigenvalue weighted by Gasteiger charge is -2.29. The second-order valence-corrected chi connectivity index (χ2v) is 5.64. The summed E-state index contributed by atoms with van der Waals surface area (Å²) in [6.45, 7) is 7.88. The van der Waals surface area contributed by atoms with E-state index in [4.69, 9.17) is 5.73 Å². The number of nitrogens with two attached hydrogens (primary N) is 1. The van der Waals surface area contributed by atoms with Crippen LogP contribution in [-0.4, -0.2) is 32.8 Å². The molecule has 2 heterocycles. The highest BCUT2D eigenvalue weighted by Gasteiger charge is 2.20. The van der Waals surface area contributed by atoms with Crippen molar-refractivity contribution in [2.45, 2.75) is 33.0 Å². The van der Waals surface area contributed by atoms with E-state index in [2.05, 4.69) is 51.7 Å². The SMILES string of the molecule is Cc1ccc(C(N)CN2CCn3cnnc3C2)c(C)c1. The summed E-state index contributed by atoms with van der Waals surface area (Å²) in [7, 11) is 0. The summed E-state index contributed by atoms with van der Waals surface area (Å²) >= 11 is 0. The van der Waals surface area contributed by atoms with Crippen LogP contribution in [0.2, 0.25) is 0 Å². The molecule has 0 spiro atoms. The number of fused-ring (bicyclic) bond motifs is 1. The van der Waals surface area contributed by atoms with Gasteiger partial charge in [-0.05, 0) is 25.0 Å². The van der Waals surface area contributed by atoms with Crippen molar-refractivity contribution >= 4 is 0 Å². The van der Waals surface area contributed by atoms with Gasteiger partial charge in [-0.3, -0.25) is 4.90 Å². The van der Waals surface area contributed by atoms with E-state index in [0.29, 0.717) is 0 Å². The van der Waals surface area contributed by atoms with E-state index in [1.54, 1.807) is 6.33 Å². The molecule has 0 amide bonds. The van der Waals surface area contributed by atoms with E-state index in [-0.39, 0.29) is 6.04 Å². The van der Waals surface area contributed by atoms with Crippen molar-refractivity contribution in [3.63, 3.8) is 0 Å². The third kappa shape index (κ3) is 2.59. The largest absolute Gasteiger partial charge is 0.323 e. The number of nitrogens with zero attached hydrogens (tertiary/aromatic N) is 4. The second kappa shape index (κ2) is 5.34. The summed E-state index contributed by atoms with van der Waals surface area (Å²) < 4.78 is 2.11. The maximum Gasteiger partial charge on any atom is 0.147 e. The number of rotatable bonds is 3. The topological polar surface area (TPSA) is 60.0 Å². The Bertz CT molecular complexity index is 604. The predicted molar refractivity (Wildman–Crippen MR) is 78.1 cm³/mol. The minimum atomic E-state index is 0.0464. The van der Waals surface area contributed by atoms with Crippen LogP contribution in [0, 0.1) is 13.8 Å². The van der Waals surface area contributed by atoms with E-state index in [9.17, 15) is 0 Å². The molecule has 1 aromatic heterocycles. The number of aryl methyl sites for hydroxylation is 2. The van der Waals surface area contributed by atoms with Crippen molar-refractivity contribution in [2.24, 2.45) is 5.73 Å². The highest BCUT2D eigenvalue weighted by Crippen LogP contribution is 2.20. The van der Waals surface area contributed by atoms with Crippen LogP contribution in [0.15, 0.2) is 24.5 Å². The van der Waals surface area contributed by atoms with Gasteiger partial charge in [-0.2, -0.15) is 0 Å². The molecule has 1 aliphatic heterocycles. The molecule has 20 heavy (non-hydrogen) atoms. The van der Waals surface area contributed by atoms with Gasteiger partial charge in [-0.15, -0.1) is 10.2 Å². The summed E-state index contributed by atoms with van der Waals surface area (Å²) in [5, 5.41) is 8.10. The first kappa shape index (κ1) is 13.3. The zero-order valence-electron chi connectivity index (χ0n) is 12.1. The highest BCUT2D eigenvalue weighted by molar-refractivity contribution is 5.32. The first-order valence-corrected chi connectivity index (χ1v) is 7.05. The molecule has 5 nitrogen and oxygen atoms in total. The standard InChI is InChI=1S/C15H21N5/c1-11-3-4-13(12(2)7-11)14(16)8-19-5-6-20-10-17-18-15(20)9-19/h3-4,7,10,14H,5-6,8-9,16H2,1-2H3. The fraction of sp³-hybridized carbons (Fsp3) is 0.467. The van der Waals surface area contributed by atoms with Gasteiger partial charge in [-0.25, -0.2) is 0 Å². The van der Waals surface area contributed by atoms with Gasteiger partial charge in [0.1, 0.15) is 12.2 Å². The van der Waals surface area contributed by atoms with Crippen LogP contribution >= 0.6 is 0 Å². The van der Waals surface area contributed by atoms with Gasteiger partial charge in [0, 0.05) is 25.7 Å². The molecule has 0 bridgehead atoms. The molecule has 3 rings (SSSR count). The minimum absolute atomic E-state index is 0.0464. The molecular formula is C15H21N5. The number of aromatic nitrogens is 3. The van der Waals surface area contributed by atoms with Crippen LogP contribution in [0.3, 0.4) is 0 Å². The van der Waals surface area contributed by atoms with Crippen molar-refractivity contribution in [1.82, 2.24) is 19.7 Å². The first-order chi connectivity index (χ1) is 9.63. The predicted octanol–water partition coefficient (Wildman–Crippen LogP) is 1.41. The molecule has 1 aliphatic rings. The third-order valence-corrected chi connectivity index (χ3v) is 4.00. The van der Waals surface area contributed by atoms with Gasteiger partial charge in [0.25, 0.3) is 0 Å². The number of hydrogen-bond donors (Lipinski definition) is 1. The molecular weight excluding hydrogens is 250 g/mol.